The Bertz CT molecular complexity index is 961. The summed E-state index contributed by atoms with van der Waals surface area (Å²) < 4.78 is 48.2. The monoisotopic (exact) mass is 443 g/mol. The van der Waals surface area contributed by atoms with E-state index >= 15 is 0 Å². The van der Waals surface area contributed by atoms with Crippen molar-refractivity contribution in [2.75, 3.05) is 0 Å². The summed E-state index contributed by atoms with van der Waals surface area (Å²) in [6.45, 7) is 0. The summed E-state index contributed by atoms with van der Waals surface area (Å²) >= 11 is 0. The Morgan fingerprint density at radius 1 is 0.906 bits per heavy atom. The first-order valence-electron chi connectivity index (χ1n) is 11.0. The molecular formula is C25H28F3N3O. The van der Waals surface area contributed by atoms with Crippen LogP contribution in [0.15, 0.2) is 48.7 Å². The third kappa shape index (κ3) is 6.25. The van der Waals surface area contributed by atoms with Gasteiger partial charge in [0.1, 0.15) is 17.1 Å². The average molecular weight is 444 g/mol. The van der Waals surface area contributed by atoms with Gasteiger partial charge in [-0.05, 0) is 50.5 Å². The van der Waals surface area contributed by atoms with Gasteiger partial charge in [-0.3, -0.25) is 4.40 Å². The highest BCUT2D eigenvalue weighted by atomic mass is 19.4. The zero-order chi connectivity index (χ0) is 23.0. The summed E-state index contributed by atoms with van der Waals surface area (Å²) in [4.78, 5) is 0. The molecule has 7 heteroatoms. The van der Waals surface area contributed by atoms with Crippen LogP contribution in [0.25, 0.3) is 5.65 Å². The average Bonchev–Trinajstić information content (AvgIpc) is 3.55. The van der Waals surface area contributed by atoms with E-state index in [1.54, 1.807) is 6.20 Å². The number of hydrogen-bond acceptors (Lipinski definition) is 3. The second-order valence-electron chi connectivity index (χ2n) is 8.04. The van der Waals surface area contributed by atoms with Crippen molar-refractivity contribution in [3.05, 3.63) is 60.0 Å². The van der Waals surface area contributed by atoms with Crippen molar-refractivity contribution in [2.45, 2.75) is 63.6 Å². The molecule has 2 aliphatic carbocycles. The Morgan fingerprint density at radius 3 is 2.03 bits per heavy atom. The number of terminal acetylenes is 1. The van der Waals surface area contributed by atoms with Gasteiger partial charge in [0.15, 0.2) is 5.65 Å². The third-order valence-corrected chi connectivity index (χ3v) is 5.58. The van der Waals surface area contributed by atoms with Gasteiger partial charge in [-0.15, -0.1) is 23.0 Å². The molecule has 2 saturated carbocycles. The molecule has 0 unspecified atom stereocenters. The molecule has 0 bridgehead atoms. The SMILES string of the molecule is C#C.FC(F)(F)c1c(OC2CCCCC2)ccn2c(CC3CC3)nnc12.c1ccccc1. The van der Waals surface area contributed by atoms with Gasteiger partial charge in [0.25, 0.3) is 0 Å². The fourth-order valence-electron chi connectivity index (χ4n) is 3.82. The lowest BCUT2D eigenvalue weighted by Crippen LogP contribution is -2.22. The van der Waals surface area contributed by atoms with E-state index in [0.717, 1.165) is 44.9 Å². The number of nitrogens with zero attached hydrogens (tertiary/aromatic N) is 3. The standard InChI is InChI=1S/C17H20F3N3O.C6H6.C2H2/c18-17(19,20)15-13(24-12-4-2-1-3-5-12)8-9-23-14(10-11-6-7-11)21-22-16(15)23;1-2-4-6-5-3-1;1-2/h8-9,11-12H,1-7,10H2;1-6H;1-2H. The Morgan fingerprint density at radius 2 is 1.50 bits per heavy atom. The van der Waals surface area contributed by atoms with Gasteiger partial charge in [0.05, 0.1) is 6.10 Å². The summed E-state index contributed by atoms with van der Waals surface area (Å²) in [5, 5.41) is 7.83. The summed E-state index contributed by atoms with van der Waals surface area (Å²) in [5.41, 5.74) is -0.948. The molecule has 0 N–H and O–H groups in total. The van der Waals surface area contributed by atoms with E-state index in [0.29, 0.717) is 18.2 Å². The molecule has 0 aliphatic heterocycles. The molecule has 170 valence electrons. The largest absolute Gasteiger partial charge is 0.490 e. The molecule has 0 atom stereocenters. The van der Waals surface area contributed by atoms with Crippen LogP contribution in [0.2, 0.25) is 0 Å². The lowest BCUT2D eigenvalue weighted by atomic mass is 9.98. The first-order chi connectivity index (χ1) is 15.5. The minimum absolute atomic E-state index is 0.118. The molecule has 1 aromatic carbocycles. The molecular weight excluding hydrogens is 415 g/mol. The van der Waals surface area contributed by atoms with Gasteiger partial charge >= 0.3 is 6.18 Å². The van der Waals surface area contributed by atoms with Crippen LogP contribution in [0.5, 0.6) is 5.75 Å². The van der Waals surface area contributed by atoms with Crippen molar-refractivity contribution in [1.82, 2.24) is 14.6 Å². The molecule has 4 nitrogen and oxygen atoms in total. The van der Waals surface area contributed by atoms with Gasteiger partial charge in [-0.25, -0.2) is 0 Å². The number of aromatic nitrogens is 3. The van der Waals surface area contributed by atoms with E-state index in [9.17, 15) is 13.2 Å². The lowest BCUT2D eigenvalue weighted by Gasteiger charge is -2.24. The normalized spacial score (nSPS) is 16.4. The van der Waals surface area contributed by atoms with Gasteiger partial charge < -0.3 is 4.74 Å². The zero-order valence-corrected chi connectivity index (χ0v) is 18.0. The fourth-order valence-corrected chi connectivity index (χ4v) is 3.82. The van der Waals surface area contributed by atoms with Crippen molar-refractivity contribution in [3.8, 4) is 18.6 Å². The van der Waals surface area contributed by atoms with Gasteiger partial charge in [-0.2, -0.15) is 13.2 Å². The Labute approximate surface area is 186 Å². The number of halogens is 3. The van der Waals surface area contributed by atoms with Crippen molar-refractivity contribution in [2.24, 2.45) is 5.92 Å². The molecule has 2 aromatic heterocycles. The molecule has 32 heavy (non-hydrogen) atoms. The van der Waals surface area contributed by atoms with Gasteiger partial charge in [0.2, 0.25) is 0 Å². The Kier molecular flexibility index (Phi) is 8.15. The van der Waals surface area contributed by atoms with Gasteiger partial charge in [-0.1, -0.05) is 42.8 Å². The minimum atomic E-state index is -4.52. The van der Waals surface area contributed by atoms with Crippen molar-refractivity contribution in [3.63, 3.8) is 0 Å². The van der Waals surface area contributed by atoms with Crippen molar-refractivity contribution in [1.29, 1.82) is 0 Å². The summed E-state index contributed by atoms with van der Waals surface area (Å²) in [6.07, 6.45) is 12.6. The molecule has 3 aromatic rings. The van der Waals surface area contributed by atoms with Crippen LogP contribution in [-0.4, -0.2) is 20.7 Å². The van der Waals surface area contributed by atoms with E-state index in [1.807, 2.05) is 36.4 Å². The molecule has 2 aliphatic rings. The van der Waals surface area contributed by atoms with Crippen LogP contribution in [0.3, 0.4) is 0 Å². The maximum absolute atomic E-state index is 13.7. The second kappa shape index (κ2) is 11.0. The van der Waals surface area contributed by atoms with Crippen LogP contribution < -0.4 is 4.74 Å². The number of alkyl halides is 3. The third-order valence-electron chi connectivity index (χ3n) is 5.58. The summed E-state index contributed by atoms with van der Waals surface area (Å²) in [5.74, 6) is 1.01. The van der Waals surface area contributed by atoms with Crippen LogP contribution >= 0.6 is 0 Å². The minimum Gasteiger partial charge on any atom is -0.490 e. The maximum Gasteiger partial charge on any atom is 0.423 e. The highest BCUT2D eigenvalue weighted by Gasteiger charge is 2.39. The zero-order valence-electron chi connectivity index (χ0n) is 18.0. The number of pyridine rings is 1. The number of hydrogen-bond donors (Lipinski definition) is 0. The quantitative estimate of drug-likeness (QED) is 0.441. The highest BCUT2D eigenvalue weighted by molar-refractivity contribution is 5.56. The van der Waals surface area contributed by atoms with E-state index in [4.69, 9.17) is 4.74 Å². The molecule has 0 amide bonds. The number of fused-ring (bicyclic) bond motifs is 1. The van der Waals surface area contributed by atoms with E-state index in [1.165, 1.54) is 10.5 Å². The summed E-state index contributed by atoms with van der Waals surface area (Å²) in [7, 11) is 0. The lowest BCUT2D eigenvalue weighted by molar-refractivity contribution is -0.138. The molecule has 2 heterocycles. The van der Waals surface area contributed by atoms with E-state index in [2.05, 4.69) is 23.0 Å². The highest BCUT2D eigenvalue weighted by Crippen LogP contribution is 2.40. The van der Waals surface area contributed by atoms with Gasteiger partial charge in [0, 0.05) is 12.6 Å². The first kappa shape index (κ1) is 23.6. The molecule has 5 rings (SSSR count). The van der Waals surface area contributed by atoms with Crippen molar-refractivity contribution >= 4 is 5.65 Å². The van der Waals surface area contributed by atoms with Crippen LogP contribution in [0.4, 0.5) is 13.2 Å². The predicted octanol–water partition coefficient (Wildman–Crippen LogP) is 6.35. The topological polar surface area (TPSA) is 39.4 Å². The Balaban J connectivity index is 0.000000309. The van der Waals surface area contributed by atoms with Crippen LogP contribution in [0.1, 0.15) is 56.3 Å². The second-order valence-corrected chi connectivity index (χ2v) is 8.04. The van der Waals surface area contributed by atoms with Crippen molar-refractivity contribution < 1.29 is 17.9 Å². The molecule has 2 fully saturated rings. The summed E-state index contributed by atoms with van der Waals surface area (Å²) in [6, 6.07) is 13.4. The predicted molar refractivity (Wildman–Crippen MR) is 118 cm³/mol. The van der Waals surface area contributed by atoms with Crippen LogP contribution in [0, 0.1) is 18.8 Å². The molecule has 0 spiro atoms. The number of rotatable bonds is 4. The number of benzene rings is 1. The molecule has 0 saturated heterocycles. The van der Waals surface area contributed by atoms with E-state index in [-0.39, 0.29) is 17.5 Å². The Hall–Kier alpha value is -3.01. The van der Waals surface area contributed by atoms with E-state index < -0.39 is 11.7 Å². The fraction of sp³-hybridized carbons (Fsp3) is 0.440. The first-order valence-corrected chi connectivity index (χ1v) is 11.0. The maximum atomic E-state index is 13.7. The van der Waals surface area contributed by atoms with Crippen LogP contribution in [-0.2, 0) is 12.6 Å². The smallest absolute Gasteiger partial charge is 0.423 e. The molecule has 0 radical (unpaired) electrons. The number of ether oxygens (including phenoxy) is 1.